The third-order valence-corrected chi connectivity index (χ3v) is 2.70. The van der Waals surface area contributed by atoms with Gasteiger partial charge in [0.15, 0.2) is 0 Å². The molecule has 104 valence electrons. The van der Waals surface area contributed by atoms with E-state index >= 15 is 0 Å². The van der Waals surface area contributed by atoms with Crippen molar-refractivity contribution in [2.75, 3.05) is 18.6 Å². The molecule has 1 unspecified atom stereocenters. The number of rotatable bonds is 8. The van der Waals surface area contributed by atoms with E-state index in [1.165, 1.54) is 6.26 Å². The summed E-state index contributed by atoms with van der Waals surface area (Å²) >= 11 is 0. The summed E-state index contributed by atoms with van der Waals surface area (Å²) in [6.45, 7) is 0.153. The molecular formula is C9H16N2O6S. The predicted molar refractivity (Wildman–Crippen MR) is 63.8 cm³/mol. The monoisotopic (exact) mass is 280 g/mol. The zero-order valence-corrected chi connectivity index (χ0v) is 10.7. The summed E-state index contributed by atoms with van der Waals surface area (Å²) in [6.07, 6.45) is 0.931. The van der Waals surface area contributed by atoms with Crippen LogP contribution in [0.1, 0.15) is 12.8 Å². The number of nitrogens with one attached hydrogen (secondary N) is 2. The first-order valence-corrected chi connectivity index (χ1v) is 6.84. The molecule has 8 nitrogen and oxygen atoms in total. The first kappa shape index (κ1) is 16.4. The van der Waals surface area contributed by atoms with Crippen molar-refractivity contribution >= 4 is 28.8 Å². The Hall–Kier alpha value is -1.64. The van der Waals surface area contributed by atoms with E-state index in [4.69, 9.17) is 10.2 Å². The highest BCUT2D eigenvalue weighted by molar-refractivity contribution is 7.84. The Morgan fingerprint density at radius 1 is 1.28 bits per heavy atom. The summed E-state index contributed by atoms with van der Waals surface area (Å²) in [4.78, 5) is 32.3. The van der Waals surface area contributed by atoms with E-state index in [1.54, 1.807) is 0 Å². The number of amides is 2. The molecule has 0 aromatic carbocycles. The van der Waals surface area contributed by atoms with Crippen LogP contribution in [0.4, 0.5) is 4.79 Å². The van der Waals surface area contributed by atoms with E-state index < -0.39 is 34.8 Å². The van der Waals surface area contributed by atoms with Crippen LogP contribution in [0.25, 0.3) is 0 Å². The topological polar surface area (TPSA) is 133 Å². The molecule has 9 heteroatoms. The highest BCUT2D eigenvalue weighted by Gasteiger charge is 2.20. The smallest absolute Gasteiger partial charge is 0.326 e. The van der Waals surface area contributed by atoms with Crippen molar-refractivity contribution in [3.05, 3.63) is 0 Å². The Morgan fingerprint density at radius 3 is 2.33 bits per heavy atom. The number of aliphatic carboxylic acids is 2. The molecule has 0 heterocycles. The number of hydrogen-bond acceptors (Lipinski definition) is 4. The molecule has 0 spiro atoms. The minimum absolute atomic E-state index is 0.153. The fourth-order valence-corrected chi connectivity index (χ4v) is 1.43. The van der Waals surface area contributed by atoms with Gasteiger partial charge in [0.25, 0.3) is 0 Å². The molecule has 0 aromatic rings. The molecule has 0 fully saturated rings. The number of urea groups is 1. The lowest BCUT2D eigenvalue weighted by molar-refractivity contribution is -0.140. The Balaban J connectivity index is 4.07. The first-order valence-electron chi connectivity index (χ1n) is 5.12. The molecule has 0 saturated carbocycles. The molecule has 18 heavy (non-hydrogen) atoms. The van der Waals surface area contributed by atoms with Crippen LogP contribution in [-0.4, -0.2) is 57.0 Å². The van der Waals surface area contributed by atoms with Crippen molar-refractivity contribution in [2.45, 2.75) is 18.9 Å². The van der Waals surface area contributed by atoms with Crippen LogP contribution in [-0.2, 0) is 20.4 Å². The fraction of sp³-hybridized carbons (Fsp3) is 0.667. The Morgan fingerprint density at radius 2 is 1.89 bits per heavy atom. The maximum atomic E-state index is 11.3. The second-order valence-corrected chi connectivity index (χ2v) is 5.06. The van der Waals surface area contributed by atoms with Crippen LogP contribution in [0, 0.1) is 0 Å². The molecular weight excluding hydrogens is 264 g/mol. The average molecular weight is 280 g/mol. The molecule has 0 aliphatic carbocycles. The highest BCUT2D eigenvalue weighted by Crippen LogP contribution is 1.97. The molecule has 0 aliphatic rings. The first-order chi connectivity index (χ1) is 8.32. The minimum Gasteiger partial charge on any atom is -0.481 e. The van der Waals surface area contributed by atoms with Crippen LogP contribution in [0.15, 0.2) is 0 Å². The number of carboxylic acids is 2. The predicted octanol–water partition coefficient (Wildman–Crippen LogP) is -1.02. The van der Waals surface area contributed by atoms with E-state index in [1.807, 2.05) is 0 Å². The van der Waals surface area contributed by atoms with Gasteiger partial charge in [-0.15, -0.1) is 0 Å². The van der Waals surface area contributed by atoms with Gasteiger partial charge in [0.05, 0.1) is 0 Å². The maximum Gasteiger partial charge on any atom is 0.326 e. The summed E-state index contributed by atoms with van der Waals surface area (Å²) in [6, 6.07) is -1.98. The van der Waals surface area contributed by atoms with Crippen LogP contribution in [0.5, 0.6) is 0 Å². The van der Waals surface area contributed by atoms with Crippen molar-refractivity contribution in [3.8, 4) is 0 Å². The van der Waals surface area contributed by atoms with Crippen molar-refractivity contribution in [2.24, 2.45) is 0 Å². The lowest BCUT2D eigenvalue weighted by atomic mass is 10.1. The van der Waals surface area contributed by atoms with E-state index in [0.29, 0.717) is 0 Å². The summed E-state index contributed by atoms with van der Waals surface area (Å²) in [5, 5.41) is 21.7. The zero-order valence-electron chi connectivity index (χ0n) is 9.84. The molecule has 0 aliphatic heterocycles. The molecule has 0 saturated heterocycles. The second-order valence-electron chi connectivity index (χ2n) is 3.50. The molecule has 4 N–H and O–H groups in total. The van der Waals surface area contributed by atoms with Crippen molar-refractivity contribution in [3.63, 3.8) is 0 Å². The minimum atomic E-state index is -1.30. The van der Waals surface area contributed by atoms with Gasteiger partial charge in [0.2, 0.25) is 0 Å². The van der Waals surface area contributed by atoms with Crippen LogP contribution < -0.4 is 10.6 Å². The van der Waals surface area contributed by atoms with Crippen LogP contribution in [0.2, 0.25) is 0 Å². The van der Waals surface area contributed by atoms with Gasteiger partial charge in [-0.05, 0) is 6.42 Å². The number of carbonyl (C=O) groups excluding carboxylic acids is 1. The van der Waals surface area contributed by atoms with Crippen molar-refractivity contribution < 1.29 is 28.8 Å². The van der Waals surface area contributed by atoms with Gasteiger partial charge < -0.3 is 20.8 Å². The van der Waals surface area contributed by atoms with Gasteiger partial charge in [0.1, 0.15) is 6.04 Å². The van der Waals surface area contributed by atoms with Gasteiger partial charge in [-0.3, -0.25) is 9.00 Å². The van der Waals surface area contributed by atoms with Crippen molar-refractivity contribution in [1.29, 1.82) is 0 Å². The van der Waals surface area contributed by atoms with Gasteiger partial charge in [0, 0.05) is 35.8 Å². The summed E-state index contributed by atoms with van der Waals surface area (Å²) in [5.74, 6) is -2.17. The standard InChI is InChI=1S/C9H16N2O6S/c1-18(17)5-4-10-9(16)11-6(8(14)15)2-3-7(12)13/h6H,2-5H2,1H3,(H,12,13)(H,14,15)(H2,10,11,16)/t6-,18?/m0/s1. The maximum absolute atomic E-state index is 11.3. The van der Waals surface area contributed by atoms with E-state index in [0.717, 1.165) is 0 Å². The lowest BCUT2D eigenvalue weighted by Crippen LogP contribution is -2.46. The largest absolute Gasteiger partial charge is 0.481 e. The molecule has 0 aromatic heterocycles. The number of carbonyl (C=O) groups is 3. The van der Waals surface area contributed by atoms with Gasteiger partial charge >= 0.3 is 18.0 Å². The third kappa shape index (κ3) is 8.50. The zero-order chi connectivity index (χ0) is 14.1. The van der Waals surface area contributed by atoms with Gasteiger partial charge in [-0.25, -0.2) is 9.59 Å². The normalized spacial score (nSPS) is 13.4. The molecule has 2 atom stereocenters. The molecule has 2 amide bonds. The van der Waals surface area contributed by atoms with Gasteiger partial charge in [-0.1, -0.05) is 0 Å². The Labute approximate surface area is 106 Å². The number of hydrogen-bond donors (Lipinski definition) is 4. The quantitative estimate of drug-likeness (QED) is 0.450. The second kappa shape index (κ2) is 8.45. The number of carboxylic acid groups (broad SMARTS) is 2. The Kier molecular flexibility index (Phi) is 7.68. The molecule has 0 bridgehead atoms. The van der Waals surface area contributed by atoms with E-state index in [2.05, 4.69) is 10.6 Å². The fourth-order valence-electron chi connectivity index (χ4n) is 1.04. The Bertz CT molecular complexity index is 346. The van der Waals surface area contributed by atoms with E-state index in [-0.39, 0.29) is 25.1 Å². The van der Waals surface area contributed by atoms with Crippen molar-refractivity contribution in [1.82, 2.24) is 10.6 Å². The van der Waals surface area contributed by atoms with E-state index in [9.17, 15) is 18.6 Å². The molecule has 0 rings (SSSR count). The molecule has 0 radical (unpaired) electrons. The third-order valence-electron chi connectivity index (χ3n) is 1.93. The van der Waals surface area contributed by atoms with Crippen LogP contribution >= 0.6 is 0 Å². The van der Waals surface area contributed by atoms with Crippen LogP contribution in [0.3, 0.4) is 0 Å². The SMILES string of the molecule is CS(=O)CCNC(=O)N[C@@H](CCC(=O)O)C(=O)O. The summed E-state index contributed by atoms with van der Waals surface area (Å²) in [7, 11) is -1.05. The summed E-state index contributed by atoms with van der Waals surface area (Å²) in [5.41, 5.74) is 0. The van der Waals surface area contributed by atoms with Gasteiger partial charge in [-0.2, -0.15) is 0 Å². The highest BCUT2D eigenvalue weighted by atomic mass is 32.2. The lowest BCUT2D eigenvalue weighted by Gasteiger charge is -2.13. The summed E-state index contributed by atoms with van der Waals surface area (Å²) < 4.78 is 10.7. The average Bonchev–Trinajstić information content (AvgIpc) is 2.22.